The molecule has 0 fully saturated rings. The summed E-state index contributed by atoms with van der Waals surface area (Å²) in [7, 11) is 0. The normalized spacial score (nSPS) is 12.1. The summed E-state index contributed by atoms with van der Waals surface area (Å²) in [6, 6.07) is 7.18. The second-order valence-corrected chi connectivity index (χ2v) is 6.78. The number of rotatable bonds is 7. The van der Waals surface area contributed by atoms with E-state index in [-0.39, 0.29) is 30.3 Å². The molecule has 10 heteroatoms. The van der Waals surface area contributed by atoms with Gasteiger partial charge in [0.1, 0.15) is 5.03 Å². The van der Waals surface area contributed by atoms with Crippen LogP contribution in [-0.4, -0.2) is 56.0 Å². The molecule has 9 nitrogen and oxygen atoms in total. The van der Waals surface area contributed by atoms with Gasteiger partial charge in [0.15, 0.2) is 16.7 Å². The molecule has 3 rings (SSSR count). The van der Waals surface area contributed by atoms with Crippen LogP contribution < -0.4 is 0 Å². The van der Waals surface area contributed by atoms with Crippen LogP contribution in [0.3, 0.4) is 0 Å². The van der Waals surface area contributed by atoms with Gasteiger partial charge in [0.25, 0.3) is 0 Å². The van der Waals surface area contributed by atoms with Gasteiger partial charge in [-0.25, -0.2) is 9.78 Å². The van der Waals surface area contributed by atoms with Crippen molar-refractivity contribution in [1.29, 1.82) is 0 Å². The van der Waals surface area contributed by atoms with Crippen LogP contribution in [0.2, 0.25) is 0 Å². The molecule has 0 spiro atoms. The summed E-state index contributed by atoms with van der Waals surface area (Å²) in [5.41, 5.74) is 0.778. The summed E-state index contributed by atoms with van der Waals surface area (Å²) in [6.07, 6.45) is 0. The highest BCUT2D eigenvalue weighted by Crippen LogP contribution is 2.31. The summed E-state index contributed by atoms with van der Waals surface area (Å²) < 4.78 is 11.4. The molecular weight excluding hydrogens is 384 g/mol. The van der Waals surface area contributed by atoms with Crippen LogP contribution in [0, 0.1) is 0 Å². The average Bonchev–Trinajstić information content (AvgIpc) is 3.10. The molecule has 0 saturated carbocycles. The van der Waals surface area contributed by atoms with Gasteiger partial charge < -0.3 is 9.47 Å². The van der Waals surface area contributed by atoms with Gasteiger partial charge >= 0.3 is 11.9 Å². The molecule has 0 aliphatic heterocycles. The van der Waals surface area contributed by atoms with Crippen molar-refractivity contribution in [2.24, 2.45) is 0 Å². The summed E-state index contributed by atoms with van der Waals surface area (Å²) in [4.78, 5) is 40.9. The molecule has 28 heavy (non-hydrogen) atoms. The highest BCUT2D eigenvalue weighted by atomic mass is 32.2. The van der Waals surface area contributed by atoms with E-state index in [9.17, 15) is 14.4 Å². The Balaban J connectivity index is 2.17. The van der Waals surface area contributed by atoms with E-state index in [1.54, 1.807) is 38.1 Å². The molecule has 2 aromatic heterocycles. The zero-order valence-corrected chi connectivity index (χ0v) is 16.4. The third-order valence-electron chi connectivity index (χ3n) is 3.78. The zero-order valence-electron chi connectivity index (χ0n) is 15.5. The topological polar surface area (TPSA) is 113 Å². The first-order valence-corrected chi connectivity index (χ1v) is 9.50. The Labute approximate surface area is 164 Å². The van der Waals surface area contributed by atoms with Crippen molar-refractivity contribution in [3.8, 4) is 0 Å². The number of thioether (sulfide) groups is 1. The average molecular weight is 402 g/mol. The third kappa shape index (κ3) is 3.68. The van der Waals surface area contributed by atoms with Crippen molar-refractivity contribution in [2.75, 3.05) is 13.2 Å². The third-order valence-corrected chi connectivity index (χ3v) is 5.08. The molecule has 0 amide bonds. The first kappa shape index (κ1) is 19.7. The first-order chi connectivity index (χ1) is 13.5. The van der Waals surface area contributed by atoms with Crippen LogP contribution >= 0.6 is 11.8 Å². The number of carbonyl (C=O) groups excluding carboxylic acids is 3. The van der Waals surface area contributed by atoms with Crippen LogP contribution in [0.4, 0.5) is 0 Å². The summed E-state index contributed by atoms with van der Waals surface area (Å²) in [5.74, 6) is -1.64. The predicted octanol–water partition coefficient (Wildman–Crippen LogP) is 2.07. The molecule has 0 aliphatic rings. The fourth-order valence-corrected chi connectivity index (χ4v) is 3.58. The maximum absolute atomic E-state index is 12.2. The van der Waals surface area contributed by atoms with E-state index in [2.05, 4.69) is 15.3 Å². The molecule has 0 bridgehead atoms. The van der Waals surface area contributed by atoms with E-state index >= 15 is 0 Å². The van der Waals surface area contributed by atoms with Crippen LogP contribution in [0.5, 0.6) is 0 Å². The standard InChI is InChI=1S/C18H18N4O5S/c1-4-26-17(24)13-15-19-16(28-14(10(3)23)18(25)27-5-2)11-8-6-7-9-12(11)22(15)21-20-13/h6-9,14H,4-5H2,1-3H3. The number of hydrogen-bond acceptors (Lipinski definition) is 9. The van der Waals surface area contributed by atoms with E-state index in [0.29, 0.717) is 15.9 Å². The minimum Gasteiger partial charge on any atom is -0.465 e. The Kier molecular flexibility index (Phi) is 5.88. The van der Waals surface area contributed by atoms with Crippen molar-refractivity contribution in [2.45, 2.75) is 31.0 Å². The van der Waals surface area contributed by atoms with Gasteiger partial charge in [0.05, 0.1) is 18.7 Å². The lowest BCUT2D eigenvalue weighted by atomic mass is 10.2. The Morgan fingerprint density at radius 3 is 2.54 bits per heavy atom. The fourth-order valence-electron chi connectivity index (χ4n) is 2.58. The Bertz CT molecular complexity index is 1060. The molecule has 0 saturated heterocycles. The zero-order chi connectivity index (χ0) is 20.3. The number of ether oxygens (including phenoxy) is 2. The lowest BCUT2D eigenvalue weighted by Crippen LogP contribution is -2.27. The molecular formula is C18H18N4O5S. The van der Waals surface area contributed by atoms with Gasteiger partial charge in [-0.15, -0.1) is 5.10 Å². The van der Waals surface area contributed by atoms with Crippen molar-refractivity contribution < 1.29 is 23.9 Å². The number of esters is 2. The Morgan fingerprint density at radius 1 is 1.14 bits per heavy atom. The fraction of sp³-hybridized carbons (Fsp3) is 0.333. The van der Waals surface area contributed by atoms with E-state index in [4.69, 9.17) is 9.47 Å². The smallest absolute Gasteiger partial charge is 0.362 e. The van der Waals surface area contributed by atoms with Crippen molar-refractivity contribution in [1.82, 2.24) is 19.8 Å². The molecule has 3 aromatic rings. The van der Waals surface area contributed by atoms with Gasteiger partial charge in [0, 0.05) is 5.39 Å². The second-order valence-electron chi connectivity index (χ2n) is 5.69. The number of benzene rings is 1. The van der Waals surface area contributed by atoms with E-state index in [1.807, 2.05) is 0 Å². The SMILES string of the molecule is CCOC(=O)c1nnn2c1nc(SC(C(C)=O)C(=O)OCC)c1ccccc12. The second kappa shape index (κ2) is 8.34. The lowest BCUT2D eigenvalue weighted by molar-refractivity contribution is -0.144. The molecule has 146 valence electrons. The Hall–Kier alpha value is -3.01. The largest absolute Gasteiger partial charge is 0.465 e. The number of aromatic nitrogens is 4. The predicted molar refractivity (Wildman–Crippen MR) is 101 cm³/mol. The number of Topliss-reactive ketones (excluding diaryl/α,β-unsaturated/α-hetero) is 1. The molecule has 0 radical (unpaired) electrons. The van der Waals surface area contributed by atoms with Crippen LogP contribution in [0.15, 0.2) is 29.3 Å². The quantitative estimate of drug-likeness (QED) is 0.254. The maximum Gasteiger partial charge on any atom is 0.362 e. The number of para-hydroxylation sites is 1. The number of ketones is 1. The van der Waals surface area contributed by atoms with E-state index < -0.39 is 17.2 Å². The van der Waals surface area contributed by atoms with Gasteiger partial charge in [-0.3, -0.25) is 9.59 Å². The van der Waals surface area contributed by atoms with Crippen molar-refractivity contribution >= 4 is 46.0 Å². The van der Waals surface area contributed by atoms with Crippen LogP contribution in [0.1, 0.15) is 31.3 Å². The number of fused-ring (bicyclic) bond motifs is 3. The van der Waals surface area contributed by atoms with Gasteiger partial charge in [0.2, 0.25) is 5.69 Å². The van der Waals surface area contributed by atoms with Gasteiger partial charge in [-0.1, -0.05) is 35.2 Å². The monoisotopic (exact) mass is 402 g/mol. The molecule has 1 atom stereocenters. The highest BCUT2D eigenvalue weighted by molar-refractivity contribution is 8.01. The molecule has 2 heterocycles. The maximum atomic E-state index is 12.2. The van der Waals surface area contributed by atoms with Gasteiger partial charge in [-0.2, -0.15) is 4.52 Å². The summed E-state index contributed by atoms with van der Waals surface area (Å²) in [6.45, 7) is 5.02. The number of carbonyl (C=O) groups is 3. The lowest BCUT2D eigenvalue weighted by Gasteiger charge is -2.13. The van der Waals surface area contributed by atoms with E-state index in [0.717, 1.165) is 11.8 Å². The summed E-state index contributed by atoms with van der Waals surface area (Å²) in [5, 5.41) is 7.88. The minimum atomic E-state index is -1.07. The number of nitrogens with zero attached hydrogens (tertiary/aromatic N) is 4. The number of hydrogen-bond donors (Lipinski definition) is 0. The Morgan fingerprint density at radius 2 is 1.86 bits per heavy atom. The molecule has 1 unspecified atom stereocenters. The van der Waals surface area contributed by atoms with Crippen LogP contribution in [0.25, 0.3) is 16.6 Å². The van der Waals surface area contributed by atoms with Crippen molar-refractivity contribution in [3.63, 3.8) is 0 Å². The summed E-state index contributed by atoms with van der Waals surface area (Å²) >= 11 is 0.970. The molecule has 1 aromatic carbocycles. The molecule has 0 aliphatic carbocycles. The minimum absolute atomic E-state index is 0.0371. The highest BCUT2D eigenvalue weighted by Gasteiger charge is 2.29. The van der Waals surface area contributed by atoms with E-state index in [1.165, 1.54) is 11.4 Å². The molecule has 0 N–H and O–H groups in total. The first-order valence-electron chi connectivity index (χ1n) is 8.62. The van der Waals surface area contributed by atoms with Crippen molar-refractivity contribution in [3.05, 3.63) is 30.0 Å². The van der Waals surface area contributed by atoms with Gasteiger partial charge in [-0.05, 0) is 26.8 Å². The van der Waals surface area contributed by atoms with Crippen LogP contribution in [-0.2, 0) is 19.1 Å².